The molecule has 1 amide bonds. The molecule has 4 heteroatoms. The largest absolute Gasteiger partial charge is 0.344 e. The Morgan fingerprint density at radius 1 is 1.50 bits per heavy atom. The van der Waals surface area contributed by atoms with Gasteiger partial charge in [0.1, 0.15) is 0 Å². The summed E-state index contributed by atoms with van der Waals surface area (Å²) in [6.45, 7) is 3.59. The Hall–Kier alpha value is -0.610. The third-order valence-corrected chi connectivity index (χ3v) is 3.17. The number of likely N-dealkylation sites (N-methyl/N-ethyl adjacent to an activating group) is 2. The topological polar surface area (TPSA) is 49.6 Å². The highest BCUT2D eigenvalue weighted by Gasteiger charge is 2.31. The van der Waals surface area contributed by atoms with Gasteiger partial charge in [-0.1, -0.05) is 0 Å². The number of amides is 1. The van der Waals surface area contributed by atoms with E-state index >= 15 is 0 Å². The first-order valence-corrected chi connectivity index (χ1v) is 5.25. The van der Waals surface area contributed by atoms with Gasteiger partial charge in [-0.05, 0) is 33.4 Å². The first kappa shape index (κ1) is 11.5. The van der Waals surface area contributed by atoms with Crippen molar-refractivity contribution in [3.63, 3.8) is 0 Å². The molecule has 1 aliphatic heterocycles. The Labute approximate surface area is 86.0 Å². The lowest BCUT2D eigenvalue weighted by molar-refractivity contribution is -0.134. The average molecular weight is 199 g/mol. The first-order chi connectivity index (χ1) is 6.57. The van der Waals surface area contributed by atoms with Gasteiger partial charge in [0.2, 0.25) is 5.91 Å². The third-order valence-electron chi connectivity index (χ3n) is 3.17. The molecule has 0 spiro atoms. The molecule has 0 bridgehead atoms. The van der Waals surface area contributed by atoms with Crippen molar-refractivity contribution in [2.24, 2.45) is 5.73 Å². The van der Waals surface area contributed by atoms with Crippen LogP contribution in [0.5, 0.6) is 0 Å². The molecule has 0 saturated carbocycles. The first-order valence-electron chi connectivity index (χ1n) is 5.25. The summed E-state index contributed by atoms with van der Waals surface area (Å²) >= 11 is 0. The molecule has 0 aromatic carbocycles. The Kier molecular flexibility index (Phi) is 3.89. The second-order valence-electron chi connectivity index (χ2n) is 4.16. The van der Waals surface area contributed by atoms with Crippen molar-refractivity contribution in [2.75, 3.05) is 27.2 Å². The van der Waals surface area contributed by atoms with Crippen LogP contribution < -0.4 is 5.73 Å². The molecule has 0 aromatic rings. The smallest absolute Gasteiger partial charge is 0.239 e. The average Bonchev–Trinajstić information content (AvgIpc) is 2.26. The van der Waals surface area contributed by atoms with E-state index in [1.165, 1.54) is 0 Å². The van der Waals surface area contributed by atoms with E-state index in [9.17, 15) is 4.79 Å². The molecule has 0 aliphatic carbocycles. The molecule has 14 heavy (non-hydrogen) atoms. The molecule has 1 rings (SSSR count). The van der Waals surface area contributed by atoms with Gasteiger partial charge in [0.05, 0.1) is 6.04 Å². The summed E-state index contributed by atoms with van der Waals surface area (Å²) in [5, 5.41) is 0. The number of hydrogen-bond donors (Lipinski definition) is 1. The van der Waals surface area contributed by atoms with E-state index in [0.29, 0.717) is 12.6 Å². The molecule has 82 valence electrons. The SMILES string of the molecule is CC1CCN(C)C(=O)C(CCN)N1C. The van der Waals surface area contributed by atoms with Crippen LogP contribution in [-0.2, 0) is 4.79 Å². The number of nitrogens with zero attached hydrogens (tertiary/aromatic N) is 2. The highest BCUT2D eigenvalue weighted by atomic mass is 16.2. The van der Waals surface area contributed by atoms with Crippen molar-refractivity contribution < 1.29 is 4.79 Å². The van der Waals surface area contributed by atoms with Crippen LogP contribution in [0.4, 0.5) is 0 Å². The number of nitrogens with two attached hydrogens (primary N) is 1. The summed E-state index contributed by atoms with van der Waals surface area (Å²) < 4.78 is 0. The normalized spacial score (nSPS) is 30.6. The van der Waals surface area contributed by atoms with Crippen LogP contribution in [0.2, 0.25) is 0 Å². The van der Waals surface area contributed by atoms with E-state index in [-0.39, 0.29) is 11.9 Å². The number of carbonyl (C=O) groups excluding carboxylic acids is 1. The second-order valence-corrected chi connectivity index (χ2v) is 4.16. The van der Waals surface area contributed by atoms with Crippen LogP contribution in [0.25, 0.3) is 0 Å². The summed E-state index contributed by atoms with van der Waals surface area (Å²) in [6.07, 6.45) is 1.80. The predicted octanol–water partition coefficient (Wildman–Crippen LogP) is -0.114. The molecule has 1 fully saturated rings. The Morgan fingerprint density at radius 3 is 2.71 bits per heavy atom. The van der Waals surface area contributed by atoms with Gasteiger partial charge in [0, 0.05) is 19.6 Å². The third kappa shape index (κ3) is 2.25. The van der Waals surface area contributed by atoms with Crippen molar-refractivity contribution in [1.29, 1.82) is 0 Å². The lowest BCUT2D eigenvalue weighted by Gasteiger charge is -2.29. The van der Waals surface area contributed by atoms with E-state index in [0.717, 1.165) is 19.4 Å². The monoisotopic (exact) mass is 199 g/mol. The van der Waals surface area contributed by atoms with Crippen LogP contribution in [0.1, 0.15) is 19.8 Å². The lowest BCUT2D eigenvalue weighted by atomic mass is 10.1. The van der Waals surface area contributed by atoms with Crippen molar-refractivity contribution in [3.8, 4) is 0 Å². The van der Waals surface area contributed by atoms with Gasteiger partial charge in [-0.25, -0.2) is 0 Å². The van der Waals surface area contributed by atoms with Crippen molar-refractivity contribution in [1.82, 2.24) is 9.80 Å². The summed E-state index contributed by atoms with van der Waals surface area (Å²) in [7, 11) is 3.89. The molecule has 0 radical (unpaired) electrons. The quantitative estimate of drug-likeness (QED) is 0.675. The fraction of sp³-hybridized carbons (Fsp3) is 0.900. The summed E-state index contributed by atoms with van der Waals surface area (Å²) in [5.41, 5.74) is 5.53. The number of rotatable bonds is 2. The van der Waals surface area contributed by atoms with E-state index < -0.39 is 0 Å². The highest BCUT2D eigenvalue weighted by Crippen LogP contribution is 2.16. The fourth-order valence-corrected chi connectivity index (χ4v) is 1.92. The summed E-state index contributed by atoms with van der Waals surface area (Å²) in [6, 6.07) is 0.433. The maximum absolute atomic E-state index is 11.9. The van der Waals surface area contributed by atoms with E-state index in [1.807, 2.05) is 19.0 Å². The Balaban J connectivity index is 2.77. The second kappa shape index (κ2) is 4.75. The van der Waals surface area contributed by atoms with Crippen LogP contribution in [0, 0.1) is 0 Å². The number of carbonyl (C=O) groups is 1. The molecule has 0 aromatic heterocycles. The standard InChI is InChI=1S/C10H21N3O/c1-8-5-7-12(2)10(14)9(4-6-11)13(8)3/h8-9H,4-7,11H2,1-3H3. The van der Waals surface area contributed by atoms with Gasteiger partial charge in [-0.2, -0.15) is 0 Å². The van der Waals surface area contributed by atoms with E-state index in [2.05, 4.69) is 11.8 Å². The van der Waals surface area contributed by atoms with Crippen LogP contribution in [-0.4, -0.2) is 55.0 Å². The van der Waals surface area contributed by atoms with Gasteiger partial charge >= 0.3 is 0 Å². The molecule has 4 nitrogen and oxygen atoms in total. The lowest BCUT2D eigenvalue weighted by Crippen LogP contribution is -2.46. The Bertz CT molecular complexity index is 208. The zero-order chi connectivity index (χ0) is 10.7. The predicted molar refractivity (Wildman–Crippen MR) is 56.9 cm³/mol. The highest BCUT2D eigenvalue weighted by molar-refractivity contribution is 5.81. The van der Waals surface area contributed by atoms with Crippen molar-refractivity contribution in [3.05, 3.63) is 0 Å². The maximum atomic E-state index is 11.9. The van der Waals surface area contributed by atoms with Crippen LogP contribution in [0.3, 0.4) is 0 Å². The molecule has 2 unspecified atom stereocenters. The van der Waals surface area contributed by atoms with Crippen molar-refractivity contribution >= 4 is 5.91 Å². The molecule has 2 N–H and O–H groups in total. The van der Waals surface area contributed by atoms with E-state index in [4.69, 9.17) is 5.73 Å². The molecule has 1 aliphatic rings. The number of hydrogen-bond acceptors (Lipinski definition) is 3. The minimum atomic E-state index is -0.0255. The van der Waals surface area contributed by atoms with Gasteiger partial charge in [0.25, 0.3) is 0 Å². The molecular weight excluding hydrogens is 178 g/mol. The van der Waals surface area contributed by atoms with Crippen LogP contribution >= 0.6 is 0 Å². The van der Waals surface area contributed by atoms with Gasteiger partial charge in [-0.3, -0.25) is 9.69 Å². The van der Waals surface area contributed by atoms with Crippen molar-refractivity contribution in [2.45, 2.75) is 31.8 Å². The van der Waals surface area contributed by atoms with Gasteiger partial charge < -0.3 is 10.6 Å². The van der Waals surface area contributed by atoms with Gasteiger partial charge in [0.15, 0.2) is 0 Å². The zero-order valence-electron chi connectivity index (χ0n) is 9.36. The summed E-state index contributed by atoms with van der Waals surface area (Å²) in [5.74, 6) is 0.210. The maximum Gasteiger partial charge on any atom is 0.239 e. The van der Waals surface area contributed by atoms with E-state index in [1.54, 1.807) is 0 Å². The van der Waals surface area contributed by atoms with Crippen LogP contribution in [0.15, 0.2) is 0 Å². The minimum Gasteiger partial charge on any atom is -0.344 e. The van der Waals surface area contributed by atoms with Gasteiger partial charge in [-0.15, -0.1) is 0 Å². The molecule has 1 heterocycles. The summed E-state index contributed by atoms with van der Waals surface area (Å²) in [4.78, 5) is 15.9. The molecule has 1 saturated heterocycles. The fourth-order valence-electron chi connectivity index (χ4n) is 1.92. The zero-order valence-corrected chi connectivity index (χ0v) is 9.36. The minimum absolute atomic E-state index is 0.0255. The molecule has 2 atom stereocenters. The molecular formula is C10H21N3O. The Morgan fingerprint density at radius 2 is 2.14 bits per heavy atom.